The minimum Gasteiger partial charge on any atom is -0.344 e. The Labute approximate surface area is 137 Å². The number of hydrogen-bond acceptors (Lipinski definition) is 3. The average Bonchev–Trinajstić information content (AvgIpc) is 2.80. The van der Waals surface area contributed by atoms with Crippen LogP contribution in [0, 0.1) is 5.92 Å². The summed E-state index contributed by atoms with van der Waals surface area (Å²) in [6.45, 7) is 4.84. The fourth-order valence-electron chi connectivity index (χ4n) is 2.38. The van der Waals surface area contributed by atoms with Gasteiger partial charge < -0.3 is 16.0 Å². The lowest BCUT2D eigenvalue weighted by atomic mass is 10.0. The first kappa shape index (κ1) is 18.5. The Morgan fingerprint density at radius 2 is 2.00 bits per heavy atom. The molecule has 0 aliphatic carbocycles. The average molecular weight is 326 g/mol. The Bertz CT molecular complexity index is 507. The molecule has 0 bridgehead atoms. The highest BCUT2D eigenvalue weighted by Crippen LogP contribution is 2.15. The molecule has 1 saturated heterocycles. The molecule has 1 aliphatic rings. The smallest absolute Gasteiger partial charge is 0.245 e. The largest absolute Gasteiger partial charge is 0.344 e. The molecule has 3 unspecified atom stereocenters. The maximum atomic E-state index is 12.3. The highest BCUT2D eigenvalue weighted by molar-refractivity contribution is 5.90. The molecule has 0 aromatic heterocycles. The van der Waals surface area contributed by atoms with Crippen molar-refractivity contribution in [2.24, 2.45) is 11.7 Å². The third-order valence-corrected chi connectivity index (χ3v) is 4.03. The molecular formula is C16H24ClN3O2. The topological polar surface area (TPSA) is 75.4 Å². The van der Waals surface area contributed by atoms with Crippen LogP contribution in [0.15, 0.2) is 30.3 Å². The van der Waals surface area contributed by atoms with Crippen molar-refractivity contribution < 1.29 is 9.59 Å². The Hall–Kier alpha value is -1.59. The van der Waals surface area contributed by atoms with Gasteiger partial charge in [-0.3, -0.25) is 9.59 Å². The van der Waals surface area contributed by atoms with Crippen LogP contribution in [-0.4, -0.2) is 35.3 Å². The summed E-state index contributed by atoms with van der Waals surface area (Å²) in [5, 5.41) is 2.82. The normalized spacial score (nSPS) is 20.2. The van der Waals surface area contributed by atoms with E-state index >= 15 is 0 Å². The summed E-state index contributed by atoms with van der Waals surface area (Å²) in [7, 11) is 0. The zero-order chi connectivity index (χ0) is 15.4. The van der Waals surface area contributed by atoms with Gasteiger partial charge in [0.1, 0.15) is 6.04 Å². The first-order valence-electron chi connectivity index (χ1n) is 7.37. The maximum Gasteiger partial charge on any atom is 0.245 e. The van der Waals surface area contributed by atoms with E-state index in [2.05, 4.69) is 5.32 Å². The predicted molar refractivity (Wildman–Crippen MR) is 88.5 cm³/mol. The fraction of sp³-hybridized carbons (Fsp3) is 0.500. The lowest BCUT2D eigenvalue weighted by molar-refractivity contribution is -0.134. The summed E-state index contributed by atoms with van der Waals surface area (Å²) in [6.07, 6.45) is 0.656. The first-order chi connectivity index (χ1) is 9.99. The van der Waals surface area contributed by atoms with Crippen molar-refractivity contribution in [3.8, 4) is 0 Å². The summed E-state index contributed by atoms with van der Waals surface area (Å²) in [4.78, 5) is 26.1. The molecule has 6 heteroatoms. The van der Waals surface area contributed by atoms with Gasteiger partial charge in [0, 0.05) is 25.0 Å². The molecule has 3 N–H and O–H groups in total. The third-order valence-electron chi connectivity index (χ3n) is 4.03. The van der Waals surface area contributed by atoms with Gasteiger partial charge >= 0.3 is 0 Å². The van der Waals surface area contributed by atoms with Crippen molar-refractivity contribution in [1.82, 2.24) is 10.2 Å². The standard InChI is InChI=1S/C16H23N3O2.ClH/c1-11(12(2)17)15(20)18-14-8-9-19(16(14)21)10-13-6-4-3-5-7-13;/h3-7,11-12,14H,8-10,17H2,1-2H3,(H,18,20);1H. The van der Waals surface area contributed by atoms with Gasteiger partial charge in [0.05, 0.1) is 0 Å². The van der Waals surface area contributed by atoms with Crippen LogP contribution in [-0.2, 0) is 16.1 Å². The van der Waals surface area contributed by atoms with Crippen molar-refractivity contribution in [2.75, 3.05) is 6.54 Å². The zero-order valence-electron chi connectivity index (χ0n) is 13.0. The molecule has 2 amide bonds. The van der Waals surface area contributed by atoms with Gasteiger partial charge in [-0.15, -0.1) is 12.4 Å². The molecule has 122 valence electrons. The monoisotopic (exact) mass is 325 g/mol. The first-order valence-corrected chi connectivity index (χ1v) is 7.37. The second-order valence-electron chi connectivity index (χ2n) is 5.74. The molecule has 1 aliphatic heterocycles. The van der Waals surface area contributed by atoms with Gasteiger partial charge in [0.2, 0.25) is 11.8 Å². The molecule has 1 aromatic rings. The Balaban J connectivity index is 0.00000242. The number of amides is 2. The van der Waals surface area contributed by atoms with Crippen molar-refractivity contribution in [3.63, 3.8) is 0 Å². The Kier molecular flexibility index (Phi) is 6.84. The van der Waals surface area contributed by atoms with Crippen LogP contribution in [0.5, 0.6) is 0 Å². The number of nitrogens with two attached hydrogens (primary N) is 1. The lowest BCUT2D eigenvalue weighted by Crippen LogP contribution is -2.46. The summed E-state index contributed by atoms with van der Waals surface area (Å²) >= 11 is 0. The number of halogens is 1. The van der Waals surface area contributed by atoms with Gasteiger partial charge in [-0.1, -0.05) is 37.3 Å². The van der Waals surface area contributed by atoms with Crippen molar-refractivity contribution in [2.45, 2.75) is 38.9 Å². The maximum absolute atomic E-state index is 12.3. The molecule has 1 fully saturated rings. The zero-order valence-corrected chi connectivity index (χ0v) is 13.8. The van der Waals surface area contributed by atoms with Gasteiger partial charge in [0.15, 0.2) is 0 Å². The number of nitrogens with zero attached hydrogens (tertiary/aromatic N) is 1. The minimum atomic E-state index is -0.414. The van der Waals surface area contributed by atoms with Crippen molar-refractivity contribution in [3.05, 3.63) is 35.9 Å². The van der Waals surface area contributed by atoms with E-state index in [1.807, 2.05) is 30.3 Å². The van der Waals surface area contributed by atoms with Crippen molar-refractivity contribution in [1.29, 1.82) is 0 Å². The van der Waals surface area contributed by atoms with Gasteiger partial charge in [-0.2, -0.15) is 0 Å². The Morgan fingerprint density at radius 1 is 1.36 bits per heavy atom. The van der Waals surface area contributed by atoms with Crippen LogP contribution >= 0.6 is 12.4 Å². The number of nitrogens with one attached hydrogen (secondary N) is 1. The van der Waals surface area contributed by atoms with E-state index in [-0.39, 0.29) is 36.2 Å². The summed E-state index contributed by atoms with van der Waals surface area (Å²) < 4.78 is 0. The lowest BCUT2D eigenvalue weighted by Gasteiger charge is -2.20. The molecule has 3 atom stereocenters. The van der Waals surface area contributed by atoms with Gasteiger partial charge in [-0.05, 0) is 18.9 Å². The van der Waals surface area contributed by atoms with E-state index in [0.717, 1.165) is 5.56 Å². The Morgan fingerprint density at radius 3 is 2.59 bits per heavy atom. The van der Waals surface area contributed by atoms with Crippen LogP contribution < -0.4 is 11.1 Å². The fourth-order valence-corrected chi connectivity index (χ4v) is 2.38. The molecular weight excluding hydrogens is 302 g/mol. The SMILES string of the molecule is CC(N)C(C)C(=O)NC1CCN(Cc2ccccc2)C1=O.Cl. The van der Waals surface area contributed by atoms with E-state index in [1.54, 1.807) is 18.7 Å². The van der Waals surface area contributed by atoms with Gasteiger partial charge in [-0.25, -0.2) is 0 Å². The molecule has 1 heterocycles. The number of hydrogen-bond donors (Lipinski definition) is 2. The molecule has 22 heavy (non-hydrogen) atoms. The van der Waals surface area contributed by atoms with Crippen LogP contribution in [0.4, 0.5) is 0 Å². The van der Waals surface area contributed by atoms with Crippen LogP contribution in [0.1, 0.15) is 25.8 Å². The van der Waals surface area contributed by atoms with E-state index in [4.69, 9.17) is 5.73 Å². The number of rotatable bonds is 5. The number of carbonyl (C=O) groups excluding carboxylic acids is 2. The van der Waals surface area contributed by atoms with E-state index < -0.39 is 6.04 Å². The van der Waals surface area contributed by atoms with E-state index in [0.29, 0.717) is 19.5 Å². The summed E-state index contributed by atoms with van der Waals surface area (Å²) in [5.74, 6) is -0.449. The molecule has 0 saturated carbocycles. The van der Waals surface area contributed by atoms with Gasteiger partial charge in [0.25, 0.3) is 0 Å². The number of likely N-dealkylation sites (tertiary alicyclic amines) is 1. The molecule has 5 nitrogen and oxygen atoms in total. The predicted octanol–water partition coefficient (Wildman–Crippen LogP) is 1.31. The highest BCUT2D eigenvalue weighted by Gasteiger charge is 2.33. The second-order valence-corrected chi connectivity index (χ2v) is 5.74. The van der Waals surface area contributed by atoms with Crippen LogP contribution in [0.2, 0.25) is 0 Å². The third kappa shape index (κ3) is 4.45. The van der Waals surface area contributed by atoms with Crippen molar-refractivity contribution >= 4 is 24.2 Å². The molecule has 0 spiro atoms. The second kappa shape index (κ2) is 8.15. The summed E-state index contributed by atoms with van der Waals surface area (Å²) in [6, 6.07) is 9.23. The molecule has 0 radical (unpaired) electrons. The minimum absolute atomic E-state index is 0. The highest BCUT2D eigenvalue weighted by atomic mass is 35.5. The van der Waals surface area contributed by atoms with Crippen LogP contribution in [0.25, 0.3) is 0 Å². The molecule has 2 rings (SSSR count). The quantitative estimate of drug-likeness (QED) is 0.857. The number of carbonyl (C=O) groups is 2. The molecule has 1 aromatic carbocycles. The number of benzene rings is 1. The van der Waals surface area contributed by atoms with E-state index in [9.17, 15) is 9.59 Å². The van der Waals surface area contributed by atoms with Crippen LogP contribution in [0.3, 0.4) is 0 Å². The van der Waals surface area contributed by atoms with E-state index in [1.165, 1.54) is 0 Å². The summed E-state index contributed by atoms with van der Waals surface area (Å²) in [5.41, 5.74) is 6.82.